The second kappa shape index (κ2) is 6.78. The van der Waals surface area contributed by atoms with E-state index in [9.17, 15) is 4.79 Å². The van der Waals surface area contributed by atoms with Crippen LogP contribution in [0.2, 0.25) is 0 Å². The summed E-state index contributed by atoms with van der Waals surface area (Å²) in [6.07, 6.45) is 11.4. The Balaban J connectivity index is 1.76. The van der Waals surface area contributed by atoms with E-state index in [1.807, 2.05) is 12.3 Å². The van der Waals surface area contributed by atoms with Crippen LogP contribution < -0.4 is 5.32 Å². The molecular formula is C18H27N3O. The Morgan fingerprint density at radius 1 is 1.32 bits per heavy atom. The molecule has 120 valence electrons. The lowest BCUT2D eigenvalue weighted by molar-refractivity contribution is -0.133. The van der Waals surface area contributed by atoms with Gasteiger partial charge in [0.1, 0.15) is 5.54 Å². The van der Waals surface area contributed by atoms with Gasteiger partial charge in [-0.2, -0.15) is 0 Å². The van der Waals surface area contributed by atoms with E-state index >= 15 is 0 Å². The third kappa shape index (κ3) is 2.89. The van der Waals surface area contributed by atoms with Gasteiger partial charge in [-0.05, 0) is 56.8 Å². The smallest absolute Gasteiger partial charge is 0.241 e. The average Bonchev–Trinajstić information content (AvgIpc) is 3.24. The highest BCUT2D eigenvalue weighted by Crippen LogP contribution is 2.38. The van der Waals surface area contributed by atoms with Gasteiger partial charge in [0.15, 0.2) is 0 Å². The minimum atomic E-state index is -0.244. The van der Waals surface area contributed by atoms with Crippen LogP contribution in [0.5, 0.6) is 0 Å². The van der Waals surface area contributed by atoms with Crippen molar-refractivity contribution in [3.05, 3.63) is 30.1 Å². The van der Waals surface area contributed by atoms with E-state index in [1.54, 1.807) is 6.20 Å². The number of likely N-dealkylation sites (tertiary alicyclic amines) is 1. The maximum absolute atomic E-state index is 13.1. The summed E-state index contributed by atoms with van der Waals surface area (Å²) in [6, 6.07) is 4.07. The van der Waals surface area contributed by atoms with E-state index < -0.39 is 0 Å². The zero-order valence-electron chi connectivity index (χ0n) is 13.6. The molecule has 1 unspecified atom stereocenters. The van der Waals surface area contributed by atoms with E-state index in [4.69, 9.17) is 0 Å². The van der Waals surface area contributed by atoms with Gasteiger partial charge in [0.25, 0.3) is 0 Å². The van der Waals surface area contributed by atoms with Gasteiger partial charge in [0.05, 0.1) is 6.04 Å². The van der Waals surface area contributed by atoms with E-state index in [0.717, 1.165) is 37.9 Å². The van der Waals surface area contributed by atoms with Gasteiger partial charge in [0.2, 0.25) is 5.91 Å². The molecule has 2 fully saturated rings. The summed E-state index contributed by atoms with van der Waals surface area (Å²) in [5.41, 5.74) is 0.861. The first-order valence-corrected chi connectivity index (χ1v) is 8.72. The van der Waals surface area contributed by atoms with Crippen molar-refractivity contribution in [2.45, 2.75) is 63.5 Å². The zero-order chi connectivity index (χ0) is 15.4. The number of carbonyl (C=O) groups excluding carboxylic acids is 1. The Morgan fingerprint density at radius 3 is 2.64 bits per heavy atom. The highest BCUT2D eigenvalue weighted by atomic mass is 16.2. The molecule has 3 rings (SSSR count). The number of hydrogen-bond acceptors (Lipinski definition) is 3. The molecule has 1 aliphatic carbocycles. The molecule has 1 N–H and O–H groups in total. The Hall–Kier alpha value is -1.42. The lowest BCUT2D eigenvalue weighted by Crippen LogP contribution is -2.56. The maximum Gasteiger partial charge on any atom is 0.241 e. The van der Waals surface area contributed by atoms with Crippen LogP contribution in [-0.2, 0) is 4.79 Å². The Morgan fingerprint density at radius 2 is 2.05 bits per heavy atom. The number of pyridine rings is 1. The van der Waals surface area contributed by atoms with Gasteiger partial charge in [-0.1, -0.05) is 25.8 Å². The van der Waals surface area contributed by atoms with Crippen molar-refractivity contribution >= 4 is 5.91 Å². The molecule has 1 saturated carbocycles. The molecule has 2 heterocycles. The minimum Gasteiger partial charge on any atom is -0.348 e. The number of nitrogens with one attached hydrogen (secondary N) is 1. The summed E-state index contributed by atoms with van der Waals surface area (Å²) >= 11 is 0. The van der Waals surface area contributed by atoms with Gasteiger partial charge in [-0.3, -0.25) is 14.7 Å². The summed E-state index contributed by atoms with van der Waals surface area (Å²) in [7, 11) is 0. The number of amides is 1. The third-order valence-corrected chi connectivity index (χ3v) is 5.37. The van der Waals surface area contributed by atoms with Crippen molar-refractivity contribution in [3.63, 3.8) is 0 Å². The molecule has 0 spiro atoms. The first kappa shape index (κ1) is 15.5. The van der Waals surface area contributed by atoms with Crippen molar-refractivity contribution < 1.29 is 4.79 Å². The fraction of sp³-hybridized carbons (Fsp3) is 0.667. The molecule has 2 aliphatic rings. The topological polar surface area (TPSA) is 45.2 Å². The third-order valence-electron chi connectivity index (χ3n) is 5.37. The molecule has 0 radical (unpaired) electrons. The summed E-state index contributed by atoms with van der Waals surface area (Å²) in [5.74, 6) is 0.239. The van der Waals surface area contributed by atoms with Crippen LogP contribution in [-0.4, -0.2) is 34.4 Å². The number of rotatable bonds is 5. The van der Waals surface area contributed by atoms with Gasteiger partial charge in [0, 0.05) is 12.4 Å². The van der Waals surface area contributed by atoms with Crippen LogP contribution in [0.25, 0.3) is 0 Å². The van der Waals surface area contributed by atoms with Crippen molar-refractivity contribution in [1.29, 1.82) is 0 Å². The molecule has 1 amide bonds. The molecule has 1 aromatic heterocycles. The highest BCUT2D eigenvalue weighted by Gasteiger charge is 2.47. The van der Waals surface area contributed by atoms with E-state index in [2.05, 4.69) is 28.2 Å². The largest absolute Gasteiger partial charge is 0.348 e. The lowest BCUT2D eigenvalue weighted by atomic mass is 9.93. The normalized spacial score (nSPS) is 22.6. The summed E-state index contributed by atoms with van der Waals surface area (Å²) < 4.78 is 0. The molecule has 4 heteroatoms. The first-order valence-electron chi connectivity index (χ1n) is 8.72. The second-order valence-electron chi connectivity index (χ2n) is 6.65. The van der Waals surface area contributed by atoms with Crippen molar-refractivity contribution in [3.8, 4) is 0 Å². The summed E-state index contributed by atoms with van der Waals surface area (Å²) in [6.45, 7) is 4.28. The van der Waals surface area contributed by atoms with Gasteiger partial charge in [-0.15, -0.1) is 0 Å². The van der Waals surface area contributed by atoms with Crippen LogP contribution >= 0.6 is 0 Å². The van der Waals surface area contributed by atoms with Crippen LogP contribution in [0.4, 0.5) is 0 Å². The molecule has 0 bridgehead atoms. The molecule has 1 saturated heterocycles. The Bertz CT molecular complexity index is 490. The van der Waals surface area contributed by atoms with Crippen LogP contribution in [0.3, 0.4) is 0 Å². The fourth-order valence-corrected chi connectivity index (χ4v) is 4.09. The molecule has 0 aromatic carbocycles. The predicted molar refractivity (Wildman–Crippen MR) is 87.4 cm³/mol. The number of carbonyl (C=O) groups is 1. The summed E-state index contributed by atoms with van der Waals surface area (Å²) in [4.78, 5) is 19.8. The second-order valence-corrected chi connectivity index (χ2v) is 6.65. The predicted octanol–water partition coefficient (Wildman–Crippen LogP) is 3.06. The molecule has 1 atom stereocenters. The zero-order valence-corrected chi connectivity index (χ0v) is 13.6. The van der Waals surface area contributed by atoms with E-state index in [-0.39, 0.29) is 17.5 Å². The molecule has 1 aromatic rings. The van der Waals surface area contributed by atoms with Gasteiger partial charge < -0.3 is 5.32 Å². The molecule has 1 aliphatic heterocycles. The SMILES string of the molecule is CCC(NC(=O)C1(N2CCCC2)CCCC1)c1cccnc1. The minimum absolute atomic E-state index is 0.0706. The molecular weight excluding hydrogens is 274 g/mol. The monoisotopic (exact) mass is 301 g/mol. The quantitative estimate of drug-likeness (QED) is 0.909. The van der Waals surface area contributed by atoms with Crippen molar-refractivity contribution in [2.75, 3.05) is 13.1 Å². The van der Waals surface area contributed by atoms with Crippen molar-refractivity contribution in [1.82, 2.24) is 15.2 Å². The Labute approximate surface area is 133 Å². The maximum atomic E-state index is 13.1. The van der Waals surface area contributed by atoms with Gasteiger partial charge >= 0.3 is 0 Å². The fourth-order valence-electron chi connectivity index (χ4n) is 4.09. The molecule has 4 nitrogen and oxygen atoms in total. The van der Waals surface area contributed by atoms with Crippen LogP contribution in [0.15, 0.2) is 24.5 Å². The standard InChI is InChI=1S/C18H27N3O/c1-2-16(15-8-7-11-19-14-15)20-17(22)18(9-3-4-10-18)21-12-5-6-13-21/h7-8,11,14,16H,2-6,9-10,12-13H2,1H3,(H,20,22). The van der Waals surface area contributed by atoms with E-state index in [0.29, 0.717) is 0 Å². The summed E-state index contributed by atoms with van der Waals surface area (Å²) in [5, 5.41) is 3.32. The Kier molecular flexibility index (Phi) is 4.77. The first-order chi connectivity index (χ1) is 10.8. The molecule has 22 heavy (non-hydrogen) atoms. The van der Waals surface area contributed by atoms with Crippen LogP contribution in [0.1, 0.15) is 63.5 Å². The number of nitrogens with zero attached hydrogens (tertiary/aromatic N) is 2. The average molecular weight is 301 g/mol. The van der Waals surface area contributed by atoms with Gasteiger partial charge in [-0.25, -0.2) is 0 Å². The van der Waals surface area contributed by atoms with E-state index in [1.165, 1.54) is 25.7 Å². The number of hydrogen-bond donors (Lipinski definition) is 1. The lowest BCUT2D eigenvalue weighted by Gasteiger charge is -2.38. The highest BCUT2D eigenvalue weighted by molar-refractivity contribution is 5.87. The number of aromatic nitrogens is 1. The van der Waals surface area contributed by atoms with Crippen molar-refractivity contribution in [2.24, 2.45) is 0 Å². The van der Waals surface area contributed by atoms with Crippen LogP contribution in [0, 0.1) is 0 Å².